The van der Waals surface area contributed by atoms with Crippen LogP contribution in [0.15, 0.2) is 0 Å². The van der Waals surface area contributed by atoms with Crippen molar-refractivity contribution in [3.63, 3.8) is 0 Å². The fourth-order valence-electron chi connectivity index (χ4n) is 3.96. The molecule has 3 atom stereocenters. The van der Waals surface area contributed by atoms with Crippen molar-refractivity contribution in [1.82, 2.24) is 10.2 Å². The van der Waals surface area contributed by atoms with E-state index >= 15 is 0 Å². The summed E-state index contributed by atoms with van der Waals surface area (Å²) in [5.74, 6) is 1.82. The molecule has 120 valence electrons. The zero-order valence-corrected chi connectivity index (χ0v) is 14.6. The van der Waals surface area contributed by atoms with E-state index < -0.39 is 0 Å². The fraction of sp³-hybridized carbons (Fsp3) is 1.00. The molecule has 3 unspecified atom stereocenters. The van der Waals surface area contributed by atoms with Crippen LogP contribution in [0.5, 0.6) is 0 Å². The third-order valence-corrected chi connectivity index (χ3v) is 5.41. The van der Waals surface area contributed by atoms with Crippen molar-refractivity contribution in [1.29, 1.82) is 0 Å². The summed E-state index contributed by atoms with van der Waals surface area (Å²) < 4.78 is 0. The lowest BCUT2D eigenvalue weighted by Gasteiger charge is -2.40. The van der Waals surface area contributed by atoms with Gasteiger partial charge >= 0.3 is 0 Å². The lowest BCUT2D eigenvalue weighted by atomic mass is 9.76. The molecule has 0 radical (unpaired) electrons. The molecule has 1 aliphatic rings. The Morgan fingerprint density at radius 1 is 1.10 bits per heavy atom. The molecule has 0 aromatic heterocycles. The van der Waals surface area contributed by atoms with Crippen molar-refractivity contribution in [2.45, 2.75) is 84.7 Å². The molecule has 0 heterocycles. The van der Waals surface area contributed by atoms with Gasteiger partial charge in [0.2, 0.25) is 0 Å². The predicted octanol–water partition coefficient (Wildman–Crippen LogP) is 4.30. The molecule has 0 saturated heterocycles. The first kappa shape index (κ1) is 18.0. The molecule has 1 aliphatic carbocycles. The van der Waals surface area contributed by atoms with E-state index in [9.17, 15) is 0 Å². The van der Waals surface area contributed by atoms with Crippen LogP contribution in [0.25, 0.3) is 0 Å². The van der Waals surface area contributed by atoms with E-state index in [1.807, 2.05) is 0 Å². The highest BCUT2D eigenvalue weighted by molar-refractivity contribution is 4.86. The molecule has 1 N–H and O–H groups in total. The highest BCUT2D eigenvalue weighted by atomic mass is 15.1. The van der Waals surface area contributed by atoms with Crippen molar-refractivity contribution < 1.29 is 0 Å². The molecule has 2 nitrogen and oxygen atoms in total. The third-order valence-electron chi connectivity index (χ3n) is 5.41. The highest BCUT2D eigenvalue weighted by Crippen LogP contribution is 2.32. The number of hydrogen-bond acceptors (Lipinski definition) is 2. The van der Waals surface area contributed by atoms with Gasteiger partial charge in [0.1, 0.15) is 0 Å². The monoisotopic (exact) mass is 282 g/mol. The van der Waals surface area contributed by atoms with E-state index in [0.29, 0.717) is 0 Å². The first-order chi connectivity index (χ1) is 9.65. The average molecular weight is 283 g/mol. The zero-order valence-electron chi connectivity index (χ0n) is 14.6. The summed E-state index contributed by atoms with van der Waals surface area (Å²) in [6.45, 7) is 11.8. The van der Waals surface area contributed by atoms with E-state index in [-0.39, 0.29) is 0 Å². The van der Waals surface area contributed by atoms with Crippen LogP contribution in [0, 0.1) is 11.8 Å². The van der Waals surface area contributed by atoms with Crippen molar-refractivity contribution >= 4 is 0 Å². The topological polar surface area (TPSA) is 15.3 Å². The van der Waals surface area contributed by atoms with E-state index in [4.69, 9.17) is 0 Å². The Kier molecular flexibility index (Phi) is 8.79. The number of rotatable bonds is 9. The van der Waals surface area contributed by atoms with Gasteiger partial charge in [0, 0.05) is 18.6 Å². The minimum atomic E-state index is 0.759. The number of nitrogens with zero attached hydrogens (tertiary/aromatic N) is 1. The van der Waals surface area contributed by atoms with Crippen molar-refractivity contribution in [3.8, 4) is 0 Å². The lowest BCUT2D eigenvalue weighted by molar-refractivity contribution is 0.124. The molecule has 20 heavy (non-hydrogen) atoms. The van der Waals surface area contributed by atoms with Crippen molar-refractivity contribution in [2.75, 3.05) is 20.1 Å². The molecule has 0 aromatic rings. The Labute approximate surface area is 127 Å². The molecule has 0 aliphatic heterocycles. The van der Waals surface area contributed by atoms with Gasteiger partial charge < -0.3 is 10.2 Å². The van der Waals surface area contributed by atoms with Gasteiger partial charge in [-0.25, -0.2) is 0 Å². The predicted molar refractivity (Wildman–Crippen MR) is 90.2 cm³/mol. The zero-order chi connectivity index (χ0) is 15.0. The molecular weight excluding hydrogens is 244 g/mol. The minimum Gasteiger partial charge on any atom is -0.314 e. The maximum atomic E-state index is 3.82. The second kappa shape index (κ2) is 9.78. The third kappa shape index (κ3) is 5.37. The maximum absolute atomic E-state index is 3.82. The van der Waals surface area contributed by atoms with Gasteiger partial charge in [-0.15, -0.1) is 0 Å². The van der Waals surface area contributed by atoms with Crippen LogP contribution in [0.1, 0.15) is 72.6 Å². The second-order valence-corrected chi connectivity index (χ2v) is 6.82. The molecule has 0 bridgehead atoms. The van der Waals surface area contributed by atoms with Crippen LogP contribution in [-0.2, 0) is 0 Å². The molecule has 1 fully saturated rings. The summed E-state index contributed by atoms with van der Waals surface area (Å²) >= 11 is 0. The molecule has 1 saturated carbocycles. The van der Waals surface area contributed by atoms with Crippen LogP contribution in [-0.4, -0.2) is 37.1 Å². The SMILES string of the molecule is CCCNC1CCC(CC)CC1CN(C)C(CC)CC. The van der Waals surface area contributed by atoms with Gasteiger partial charge in [-0.3, -0.25) is 0 Å². The molecule has 0 spiro atoms. The Hall–Kier alpha value is -0.0800. The summed E-state index contributed by atoms with van der Waals surface area (Å²) in [5.41, 5.74) is 0. The van der Waals surface area contributed by atoms with Gasteiger partial charge in [0.05, 0.1) is 0 Å². The van der Waals surface area contributed by atoms with Gasteiger partial charge in [0.25, 0.3) is 0 Å². The molecule has 2 heteroatoms. The Balaban J connectivity index is 2.58. The first-order valence-electron chi connectivity index (χ1n) is 9.09. The Bertz CT molecular complexity index is 238. The standard InChI is InChI=1S/C18H38N2/c1-6-12-19-18-11-10-15(7-2)13-16(18)14-20(5)17(8-3)9-4/h15-19H,6-14H2,1-5H3. The van der Waals surface area contributed by atoms with Crippen LogP contribution >= 0.6 is 0 Å². The summed E-state index contributed by atoms with van der Waals surface area (Å²) in [5, 5.41) is 3.82. The smallest absolute Gasteiger partial charge is 0.0108 e. The highest BCUT2D eigenvalue weighted by Gasteiger charge is 2.30. The quantitative estimate of drug-likeness (QED) is 0.678. The van der Waals surface area contributed by atoms with Crippen LogP contribution in [0.3, 0.4) is 0 Å². The van der Waals surface area contributed by atoms with Crippen molar-refractivity contribution in [2.24, 2.45) is 11.8 Å². The summed E-state index contributed by atoms with van der Waals surface area (Å²) in [7, 11) is 2.34. The molecule has 0 amide bonds. The normalized spacial score (nSPS) is 27.4. The van der Waals surface area contributed by atoms with Crippen LogP contribution in [0.2, 0.25) is 0 Å². The molecular formula is C18H38N2. The minimum absolute atomic E-state index is 0.759. The van der Waals surface area contributed by atoms with Crippen LogP contribution in [0.4, 0.5) is 0 Å². The van der Waals surface area contributed by atoms with E-state index in [1.54, 1.807) is 0 Å². The summed E-state index contributed by atoms with van der Waals surface area (Å²) in [4.78, 5) is 2.63. The van der Waals surface area contributed by atoms with E-state index in [0.717, 1.165) is 23.9 Å². The van der Waals surface area contributed by atoms with Gasteiger partial charge in [0.15, 0.2) is 0 Å². The molecule has 0 aromatic carbocycles. The summed E-state index contributed by atoms with van der Waals surface area (Å²) in [6.07, 6.45) is 9.44. The van der Waals surface area contributed by atoms with Gasteiger partial charge in [-0.1, -0.05) is 34.1 Å². The van der Waals surface area contributed by atoms with Crippen LogP contribution < -0.4 is 5.32 Å². The number of hydrogen-bond donors (Lipinski definition) is 1. The first-order valence-corrected chi connectivity index (χ1v) is 9.09. The number of nitrogens with one attached hydrogen (secondary N) is 1. The van der Waals surface area contributed by atoms with E-state index in [1.165, 1.54) is 58.0 Å². The average Bonchev–Trinajstić information content (AvgIpc) is 2.47. The van der Waals surface area contributed by atoms with Gasteiger partial charge in [-0.05, 0) is 64.0 Å². The maximum Gasteiger partial charge on any atom is 0.0108 e. The Morgan fingerprint density at radius 2 is 1.80 bits per heavy atom. The van der Waals surface area contributed by atoms with Gasteiger partial charge in [-0.2, -0.15) is 0 Å². The van der Waals surface area contributed by atoms with Crippen molar-refractivity contribution in [3.05, 3.63) is 0 Å². The second-order valence-electron chi connectivity index (χ2n) is 6.82. The largest absolute Gasteiger partial charge is 0.314 e. The Morgan fingerprint density at radius 3 is 2.35 bits per heavy atom. The lowest BCUT2D eigenvalue weighted by Crippen LogP contribution is -2.47. The fourth-order valence-corrected chi connectivity index (χ4v) is 3.96. The molecule has 1 rings (SSSR count). The summed E-state index contributed by atoms with van der Waals surface area (Å²) in [6, 6.07) is 1.53. The van der Waals surface area contributed by atoms with E-state index in [2.05, 4.69) is 45.0 Å².